The van der Waals surface area contributed by atoms with Gasteiger partial charge in [-0.2, -0.15) is 0 Å². The zero-order chi connectivity index (χ0) is 15.3. The lowest BCUT2D eigenvalue weighted by molar-refractivity contribution is -0.139. The topological polar surface area (TPSA) is 78.5 Å². The van der Waals surface area contributed by atoms with Gasteiger partial charge in [0.2, 0.25) is 11.8 Å². The Labute approximate surface area is 120 Å². The van der Waals surface area contributed by atoms with E-state index < -0.39 is 0 Å². The summed E-state index contributed by atoms with van der Waals surface area (Å²) in [5.41, 5.74) is 0. The molecule has 1 heterocycles. The van der Waals surface area contributed by atoms with Crippen LogP contribution in [0.3, 0.4) is 0 Å². The molecule has 0 aromatic carbocycles. The molecule has 1 fully saturated rings. The SMILES string of the molecule is CNC(C)C(=O)NCC(=O)N1CCCC1C(=O)C(C)C. The number of ketones is 1. The van der Waals surface area contributed by atoms with Gasteiger partial charge in [0.05, 0.1) is 18.6 Å². The molecule has 1 aliphatic heterocycles. The summed E-state index contributed by atoms with van der Waals surface area (Å²) in [5, 5.41) is 5.40. The molecule has 20 heavy (non-hydrogen) atoms. The Kier molecular flexibility index (Phi) is 6.13. The first-order chi connectivity index (χ1) is 9.38. The monoisotopic (exact) mass is 283 g/mol. The molecular formula is C14H25N3O3. The summed E-state index contributed by atoms with van der Waals surface area (Å²) in [6, 6.07) is -0.657. The molecule has 0 aliphatic carbocycles. The minimum Gasteiger partial charge on any atom is -0.346 e. The van der Waals surface area contributed by atoms with Crippen molar-refractivity contribution >= 4 is 17.6 Å². The van der Waals surface area contributed by atoms with Crippen molar-refractivity contribution in [2.24, 2.45) is 5.92 Å². The Morgan fingerprint density at radius 3 is 2.45 bits per heavy atom. The van der Waals surface area contributed by atoms with Crippen LogP contribution in [0.15, 0.2) is 0 Å². The Hall–Kier alpha value is -1.43. The highest BCUT2D eigenvalue weighted by Crippen LogP contribution is 2.20. The van der Waals surface area contributed by atoms with Gasteiger partial charge in [-0.05, 0) is 26.8 Å². The highest BCUT2D eigenvalue weighted by atomic mass is 16.2. The van der Waals surface area contributed by atoms with Crippen LogP contribution in [-0.4, -0.2) is 54.7 Å². The van der Waals surface area contributed by atoms with Gasteiger partial charge < -0.3 is 15.5 Å². The van der Waals surface area contributed by atoms with Crippen LogP contribution in [0, 0.1) is 5.92 Å². The van der Waals surface area contributed by atoms with Crippen molar-refractivity contribution in [2.75, 3.05) is 20.1 Å². The number of rotatable bonds is 6. The molecule has 2 atom stereocenters. The van der Waals surface area contributed by atoms with Crippen molar-refractivity contribution in [1.29, 1.82) is 0 Å². The molecule has 1 aliphatic rings. The van der Waals surface area contributed by atoms with Gasteiger partial charge in [0.15, 0.2) is 5.78 Å². The number of nitrogens with one attached hydrogen (secondary N) is 2. The second kappa shape index (κ2) is 7.38. The molecule has 6 heteroatoms. The summed E-state index contributed by atoms with van der Waals surface area (Å²) in [5.74, 6) is -0.372. The molecule has 2 amide bonds. The van der Waals surface area contributed by atoms with Crippen LogP contribution in [0.2, 0.25) is 0 Å². The van der Waals surface area contributed by atoms with Gasteiger partial charge >= 0.3 is 0 Å². The molecule has 0 bridgehead atoms. The summed E-state index contributed by atoms with van der Waals surface area (Å²) < 4.78 is 0. The summed E-state index contributed by atoms with van der Waals surface area (Å²) >= 11 is 0. The van der Waals surface area contributed by atoms with E-state index >= 15 is 0 Å². The minimum absolute atomic E-state index is 0.0489. The highest BCUT2D eigenvalue weighted by Gasteiger charge is 2.34. The summed E-state index contributed by atoms with van der Waals surface area (Å²) in [6.45, 7) is 5.96. The first-order valence-corrected chi connectivity index (χ1v) is 7.16. The quantitative estimate of drug-likeness (QED) is 0.715. The Balaban J connectivity index is 2.54. The Bertz CT molecular complexity index is 382. The maximum atomic E-state index is 12.1. The number of likely N-dealkylation sites (N-methyl/N-ethyl adjacent to an activating group) is 1. The van der Waals surface area contributed by atoms with E-state index in [9.17, 15) is 14.4 Å². The van der Waals surface area contributed by atoms with Crippen molar-refractivity contribution < 1.29 is 14.4 Å². The fraction of sp³-hybridized carbons (Fsp3) is 0.786. The van der Waals surface area contributed by atoms with Crippen molar-refractivity contribution in [3.8, 4) is 0 Å². The molecular weight excluding hydrogens is 258 g/mol. The Morgan fingerprint density at radius 1 is 1.25 bits per heavy atom. The molecule has 6 nitrogen and oxygen atoms in total. The van der Waals surface area contributed by atoms with Gasteiger partial charge in [0, 0.05) is 12.5 Å². The maximum absolute atomic E-state index is 12.1. The predicted octanol–water partition coefficient (Wildman–Crippen LogP) is -0.0734. The first kappa shape index (κ1) is 16.6. The van der Waals surface area contributed by atoms with Crippen molar-refractivity contribution in [3.05, 3.63) is 0 Å². The molecule has 1 saturated heterocycles. The lowest BCUT2D eigenvalue weighted by Crippen LogP contribution is -2.49. The molecule has 0 aromatic heterocycles. The lowest BCUT2D eigenvalue weighted by atomic mass is 10.00. The van der Waals surface area contributed by atoms with E-state index in [4.69, 9.17) is 0 Å². The zero-order valence-corrected chi connectivity index (χ0v) is 12.7. The second-order valence-corrected chi connectivity index (χ2v) is 5.53. The van der Waals surface area contributed by atoms with Crippen LogP contribution in [0.5, 0.6) is 0 Å². The molecule has 0 saturated carbocycles. The molecule has 0 spiro atoms. The van der Waals surface area contributed by atoms with E-state index in [0.29, 0.717) is 6.54 Å². The fourth-order valence-electron chi connectivity index (χ4n) is 2.29. The van der Waals surface area contributed by atoms with Gasteiger partial charge in [-0.25, -0.2) is 0 Å². The average Bonchev–Trinajstić information content (AvgIpc) is 2.91. The third kappa shape index (κ3) is 4.03. The minimum atomic E-state index is -0.338. The number of carbonyl (C=O) groups excluding carboxylic acids is 3. The van der Waals surface area contributed by atoms with Crippen LogP contribution >= 0.6 is 0 Å². The van der Waals surface area contributed by atoms with Crippen LogP contribution in [0.25, 0.3) is 0 Å². The number of hydrogen-bond acceptors (Lipinski definition) is 4. The van der Waals surface area contributed by atoms with E-state index in [2.05, 4.69) is 10.6 Å². The van der Waals surface area contributed by atoms with E-state index in [1.807, 2.05) is 13.8 Å². The van der Waals surface area contributed by atoms with Crippen molar-refractivity contribution in [1.82, 2.24) is 15.5 Å². The van der Waals surface area contributed by atoms with Crippen LogP contribution in [-0.2, 0) is 14.4 Å². The van der Waals surface area contributed by atoms with Gasteiger partial charge in [0.25, 0.3) is 0 Å². The standard InChI is InChI=1S/C14H25N3O3/c1-9(2)13(19)11-6-5-7-17(11)12(18)8-16-14(20)10(3)15-4/h9-11,15H,5-8H2,1-4H3,(H,16,20). The molecule has 2 unspecified atom stereocenters. The zero-order valence-electron chi connectivity index (χ0n) is 12.7. The van der Waals surface area contributed by atoms with Gasteiger partial charge in [-0.1, -0.05) is 13.8 Å². The molecule has 1 rings (SSSR count). The van der Waals surface area contributed by atoms with E-state index in [1.54, 1.807) is 18.9 Å². The van der Waals surface area contributed by atoms with Crippen LogP contribution < -0.4 is 10.6 Å². The van der Waals surface area contributed by atoms with Crippen molar-refractivity contribution in [2.45, 2.75) is 45.7 Å². The van der Waals surface area contributed by atoms with Gasteiger partial charge in [0.1, 0.15) is 0 Å². The average molecular weight is 283 g/mol. The summed E-state index contributed by atoms with van der Waals surface area (Å²) in [4.78, 5) is 37.4. The number of likely N-dealkylation sites (tertiary alicyclic amines) is 1. The summed E-state index contributed by atoms with van der Waals surface area (Å²) in [7, 11) is 1.68. The smallest absolute Gasteiger partial charge is 0.242 e. The number of amides is 2. The predicted molar refractivity (Wildman–Crippen MR) is 76.1 cm³/mol. The molecule has 114 valence electrons. The van der Waals surface area contributed by atoms with Crippen molar-refractivity contribution in [3.63, 3.8) is 0 Å². The molecule has 0 aromatic rings. The molecule has 2 N–H and O–H groups in total. The summed E-state index contributed by atoms with van der Waals surface area (Å²) in [6.07, 6.45) is 1.57. The third-order valence-corrected chi connectivity index (χ3v) is 3.71. The molecule has 0 radical (unpaired) electrons. The maximum Gasteiger partial charge on any atom is 0.242 e. The normalized spacial score (nSPS) is 20.1. The van der Waals surface area contributed by atoms with Gasteiger partial charge in [-0.15, -0.1) is 0 Å². The van der Waals surface area contributed by atoms with Crippen LogP contribution in [0.4, 0.5) is 0 Å². The second-order valence-electron chi connectivity index (χ2n) is 5.53. The number of hydrogen-bond donors (Lipinski definition) is 2. The van der Waals surface area contributed by atoms with E-state index in [1.165, 1.54) is 0 Å². The van der Waals surface area contributed by atoms with E-state index in [-0.39, 0.29) is 42.1 Å². The number of carbonyl (C=O) groups is 3. The van der Waals surface area contributed by atoms with Crippen LogP contribution in [0.1, 0.15) is 33.6 Å². The lowest BCUT2D eigenvalue weighted by Gasteiger charge is -2.25. The first-order valence-electron chi connectivity index (χ1n) is 7.16. The number of Topliss-reactive ketones (excluding diaryl/α,β-unsaturated/α-hetero) is 1. The van der Waals surface area contributed by atoms with Gasteiger partial charge in [-0.3, -0.25) is 14.4 Å². The highest BCUT2D eigenvalue weighted by molar-refractivity contribution is 5.92. The van der Waals surface area contributed by atoms with E-state index in [0.717, 1.165) is 12.8 Å². The fourth-order valence-corrected chi connectivity index (χ4v) is 2.29. The Morgan fingerprint density at radius 2 is 1.90 bits per heavy atom. The largest absolute Gasteiger partial charge is 0.346 e. The third-order valence-electron chi connectivity index (χ3n) is 3.71. The number of nitrogens with zero attached hydrogens (tertiary/aromatic N) is 1.